The summed E-state index contributed by atoms with van der Waals surface area (Å²) in [6.45, 7) is 6.41. The van der Waals surface area contributed by atoms with Crippen LogP contribution in [0.25, 0.3) is 0 Å². The normalized spacial score (nSPS) is 14.2. The van der Waals surface area contributed by atoms with Gasteiger partial charge in [-0.15, -0.1) is 0 Å². The second-order valence-corrected chi connectivity index (χ2v) is 15.1. The van der Waals surface area contributed by atoms with Crippen LogP contribution in [-0.2, 0) is 13.1 Å². The van der Waals surface area contributed by atoms with Crippen molar-refractivity contribution in [2.75, 3.05) is 46.6 Å². The van der Waals surface area contributed by atoms with Crippen LogP contribution >= 0.6 is 0 Å². The molecule has 4 aromatic carbocycles. The molecule has 2 aliphatic rings. The molecule has 10 nitrogen and oxygen atoms in total. The molecule has 2 fully saturated rings. The van der Waals surface area contributed by atoms with E-state index in [4.69, 9.17) is 0 Å². The molecule has 2 aliphatic heterocycles. The highest BCUT2D eigenvalue weighted by Gasteiger charge is 2.14. The first-order valence-corrected chi connectivity index (χ1v) is 21.0. The van der Waals surface area contributed by atoms with Gasteiger partial charge in [-0.05, 0) is 171 Å². The molecule has 294 valence electrons. The van der Waals surface area contributed by atoms with E-state index < -0.39 is 0 Å². The van der Waals surface area contributed by atoms with Crippen molar-refractivity contribution < 1.29 is 9.13 Å². The lowest BCUT2D eigenvalue weighted by atomic mass is 10.2. The quantitative estimate of drug-likeness (QED) is 0.0549. The molecule has 2 saturated heterocycles. The lowest BCUT2D eigenvalue weighted by molar-refractivity contribution is -0.686. The average molecular weight is 771 g/mol. The van der Waals surface area contributed by atoms with E-state index in [0.29, 0.717) is 0 Å². The Balaban J connectivity index is 0.762. The smallest absolute Gasteiger partial charge is 0.350 e. The summed E-state index contributed by atoms with van der Waals surface area (Å²) in [6.07, 6.45) is 13.7. The average Bonchev–Trinajstić information content (AvgIpc) is 4.02. The molecule has 0 atom stereocenters. The van der Waals surface area contributed by atoms with Crippen molar-refractivity contribution in [1.82, 2.24) is 0 Å². The SMILES string of the molecule is c1cc[n+](CCCCCC[n+]2ccccc2/N=N/c2ccc(Nc3ccc(N4CCCC4)cc3)cc2)c(/N=N/c2ccc(Nc3ccc(N4CCCC4)cc3)cc2)c1. The highest BCUT2D eigenvalue weighted by molar-refractivity contribution is 5.65. The molecule has 0 saturated carbocycles. The second kappa shape index (κ2) is 19.6. The van der Waals surface area contributed by atoms with Crippen LogP contribution in [0.1, 0.15) is 51.4 Å². The number of nitrogens with zero attached hydrogens (tertiary/aromatic N) is 8. The van der Waals surface area contributed by atoms with Crippen LogP contribution in [0.3, 0.4) is 0 Å². The summed E-state index contributed by atoms with van der Waals surface area (Å²) >= 11 is 0. The van der Waals surface area contributed by atoms with Crippen LogP contribution in [0.4, 0.5) is 57.1 Å². The highest BCUT2D eigenvalue weighted by atomic mass is 15.2. The topological polar surface area (TPSA) is 87.7 Å². The first-order valence-electron chi connectivity index (χ1n) is 21.0. The molecule has 0 spiro atoms. The van der Waals surface area contributed by atoms with E-state index in [9.17, 15) is 0 Å². The zero-order valence-corrected chi connectivity index (χ0v) is 33.3. The predicted octanol–water partition coefficient (Wildman–Crippen LogP) is 12.0. The molecule has 0 unspecified atom stereocenters. The van der Waals surface area contributed by atoms with Gasteiger partial charge in [-0.3, -0.25) is 0 Å². The summed E-state index contributed by atoms with van der Waals surface area (Å²) in [5, 5.41) is 25.3. The molecule has 0 bridgehead atoms. The number of azo groups is 2. The molecule has 4 heterocycles. The van der Waals surface area contributed by atoms with Crippen LogP contribution in [-0.4, -0.2) is 26.2 Å². The van der Waals surface area contributed by atoms with Gasteiger partial charge in [0.15, 0.2) is 0 Å². The van der Waals surface area contributed by atoms with Crippen molar-refractivity contribution >= 4 is 57.1 Å². The Hall–Kier alpha value is -6.42. The number of aromatic nitrogens is 2. The Morgan fingerprint density at radius 3 is 1.14 bits per heavy atom. The number of hydrogen-bond acceptors (Lipinski definition) is 8. The van der Waals surface area contributed by atoms with E-state index in [2.05, 4.69) is 123 Å². The molecule has 8 rings (SSSR count). The monoisotopic (exact) mass is 770 g/mol. The van der Waals surface area contributed by atoms with Gasteiger partial charge in [0, 0.05) is 72.4 Å². The Morgan fingerprint density at radius 2 is 0.759 bits per heavy atom. The van der Waals surface area contributed by atoms with Crippen molar-refractivity contribution in [2.24, 2.45) is 20.5 Å². The van der Waals surface area contributed by atoms with Crippen molar-refractivity contribution in [2.45, 2.75) is 64.5 Å². The minimum Gasteiger partial charge on any atom is -0.372 e. The zero-order chi connectivity index (χ0) is 39.2. The number of unbranched alkanes of at least 4 members (excludes halogenated alkanes) is 3. The van der Waals surface area contributed by atoms with E-state index >= 15 is 0 Å². The molecule has 10 heteroatoms. The van der Waals surface area contributed by atoms with E-state index in [1.54, 1.807) is 0 Å². The molecular weight excluding hydrogens is 717 g/mol. The number of hydrogen-bond donors (Lipinski definition) is 2. The predicted molar refractivity (Wildman–Crippen MR) is 235 cm³/mol. The molecule has 0 amide bonds. The molecule has 2 N–H and O–H groups in total. The van der Waals surface area contributed by atoms with Crippen LogP contribution in [0, 0.1) is 0 Å². The summed E-state index contributed by atoms with van der Waals surface area (Å²) in [6, 6.07) is 45.8. The molecule has 0 radical (unpaired) electrons. The van der Waals surface area contributed by atoms with Gasteiger partial charge in [0.05, 0.1) is 35.7 Å². The standard InChI is InChI=1S/C48H52N10/c1(5-35-57-37-7-3-13-47(57)53-51-43-19-15-39(16-20-43)49-41-23-27-45(28-24-41)55-31-9-10-32-55)2-6-36-58-38-8-4-14-48(58)54-52-44-21-17-40(18-22-44)50-42-25-29-46(30-26-42)56-33-11-12-34-56/h3-4,7-8,13-30,37-38H,1-2,5-6,9-12,31-36H2/p+2. The van der Waals surface area contributed by atoms with Gasteiger partial charge in [0.2, 0.25) is 0 Å². The van der Waals surface area contributed by atoms with Gasteiger partial charge in [-0.25, -0.2) is 9.13 Å². The molecule has 58 heavy (non-hydrogen) atoms. The zero-order valence-electron chi connectivity index (χ0n) is 33.3. The van der Waals surface area contributed by atoms with Gasteiger partial charge in [0.1, 0.15) is 11.4 Å². The molecule has 6 aromatic rings. The van der Waals surface area contributed by atoms with Crippen LogP contribution in [0.2, 0.25) is 0 Å². The number of nitrogens with one attached hydrogen (secondary N) is 2. The van der Waals surface area contributed by atoms with Gasteiger partial charge in [-0.2, -0.15) is 0 Å². The van der Waals surface area contributed by atoms with E-state index in [1.165, 1.54) is 37.1 Å². The molecular formula is C48H54N10+2. The van der Waals surface area contributed by atoms with Crippen molar-refractivity contribution in [3.05, 3.63) is 146 Å². The maximum absolute atomic E-state index is 4.61. The van der Waals surface area contributed by atoms with E-state index in [0.717, 1.165) is 111 Å². The maximum Gasteiger partial charge on any atom is 0.350 e. The summed E-state index contributed by atoms with van der Waals surface area (Å²) in [7, 11) is 0. The van der Waals surface area contributed by atoms with Crippen molar-refractivity contribution in [3.63, 3.8) is 0 Å². The fourth-order valence-electron chi connectivity index (χ4n) is 7.65. The van der Waals surface area contributed by atoms with Gasteiger partial charge in [-0.1, -0.05) is 12.1 Å². The molecule has 0 aliphatic carbocycles. The lowest BCUT2D eigenvalue weighted by Crippen LogP contribution is -2.34. The Bertz CT molecular complexity index is 2080. The maximum atomic E-state index is 4.61. The largest absolute Gasteiger partial charge is 0.372 e. The third-order valence-electron chi connectivity index (χ3n) is 10.9. The minimum atomic E-state index is 0.822. The van der Waals surface area contributed by atoms with Crippen molar-refractivity contribution in [3.8, 4) is 0 Å². The third kappa shape index (κ3) is 10.7. The Morgan fingerprint density at radius 1 is 0.397 bits per heavy atom. The van der Waals surface area contributed by atoms with Gasteiger partial charge < -0.3 is 20.4 Å². The Labute approximate surface area is 342 Å². The number of aryl methyl sites for hydroxylation is 2. The van der Waals surface area contributed by atoms with E-state index in [1.807, 2.05) is 72.8 Å². The van der Waals surface area contributed by atoms with Crippen molar-refractivity contribution in [1.29, 1.82) is 0 Å². The highest BCUT2D eigenvalue weighted by Crippen LogP contribution is 2.27. The summed E-state index contributed by atoms with van der Waals surface area (Å²) in [4.78, 5) is 4.90. The Kier molecular flexibility index (Phi) is 13.0. The minimum absolute atomic E-state index is 0.822. The summed E-state index contributed by atoms with van der Waals surface area (Å²) in [5.74, 6) is 1.71. The lowest BCUT2D eigenvalue weighted by Gasteiger charge is -2.18. The first kappa shape index (κ1) is 38.5. The number of anilines is 6. The van der Waals surface area contributed by atoms with Crippen LogP contribution in [0.5, 0.6) is 0 Å². The number of benzene rings is 4. The second-order valence-electron chi connectivity index (χ2n) is 15.1. The van der Waals surface area contributed by atoms with Crippen LogP contribution < -0.4 is 29.6 Å². The first-order chi connectivity index (χ1) is 28.7. The van der Waals surface area contributed by atoms with Gasteiger partial charge >= 0.3 is 11.6 Å². The van der Waals surface area contributed by atoms with Gasteiger partial charge in [0.25, 0.3) is 0 Å². The number of pyridine rings is 2. The fraction of sp³-hybridized carbons (Fsp3) is 0.292. The summed E-state index contributed by atoms with van der Waals surface area (Å²) in [5.41, 5.74) is 8.45. The number of rotatable bonds is 17. The summed E-state index contributed by atoms with van der Waals surface area (Å²) < 4.78 is 4.37. The van der Waals surface area contributed by atoms with E-state index in [-0.39, 0.29) is 0 Å². The fourth-order valence-corrected chi connectivity index (χ4v) is 7.65. The third-order valence-corrected chi connectivity index (χ3v) is 10.9. The van der Waals surface area contributed by atoms with Crippen LogP contribution in [0.15, 0.2) is 166 Å². The molecule has 2 aromatic heterocycles.